The van der Waals surface area contributed by atoms with Gasteiger partial charge >= 0.3 is 12.4 Å². The summed E-state index contributed by atoms with van der Waals surface area (Å²) in [7, 11) is 1.66. The Hall–Kier alpha value is -2.53. The predicted octanol–water partition coefficient (Wildman–Crippen LogP) is 6.10. The quantitative estimate of drug-likeness (QED) is 0.386. The van der Waals surface area contributed by atoms with E-state index in [1.807, 2.05) is 6.92 Å². The second-order valence-electron chi connectivity index (χ2n) is 7.42. The maximum Gasteiger partial charge on any atom is 0.435 e. The minimum absolute atomic E-state index is 0.0567. The third-order valence-electron chi connectivity index (χ3n) is 5.20. The molecule has 1 aliphatic heterocycles. The Balaban J connectivity index is 1.92. The van der Waals surface area contributed by atoms with Crippen molar-refractivity contribution in [1.29, 1.82) is 0 Å². The van der Waals surface area contributed by atoms with E-state index in [-0.39, 0.29) is 11.8 Å². The van der Waals surface area contributed by atoms with Crippen LogP contribution in [0.25, 0.3) is 0 Å². The molecule has 0 saturated carbocycles. The first-order chi connectivity index (χ1) is 15.3. The Morgan fingerprint density at radius 2 is 1.76 bits per heavy atom. The van der Waals surface area contributed by atoms with Crippen molar-refractivity contribution < 1.29 is 31.2 Å². The second-order valence-corrected chi connectivity index (χ2v) is 8.27. The molecule has 0 aliphatic carbocycles. The average molecular weight is 510 g/mol. The molecular weight excluding hydrogens is 492 g/mol. The molecular formula is C21H18ClF6N3OS. The summed E-state index contributed by atoms with van der Waals surface area (Å²) in [5, 5.41) is 9.32. The summed E-state index contributed by atoms with van der Waals surface area (Å²) < 4.78 is 81.9. The maximum absolute atomic E-state index is 14.1. The zero-order valence-corrected chi connectivity index (χ0v) is 18.8. The van der Waals surface area contributed by atoms with Crippen molar-refractivity contribution >= 4 is 34.6 Å². The molecule has 1 heterocycles. The van der Waals surface area contributed by atoms with Crippen molar-refractivity contribution in [1.82, 2.24) is 10.6 Å². The number of hydrogen-bond donors (Lipinski definition) is 2. The van der Waals surface area contributed by atoms with Gasteiger partial charge in [0.05, 0.1) is 17.3 Å². The minimum atomic E-state index is -5.06. The van der Waals surface area contributed by atoms with Crippen molar-refractivity contribution in [2.24, 2.45) is 5.16 Å². The van der Waals surface area contributed by atoms with Crippen molar-refractivity contribution in [2.45, 2.75) is 37.3 Å². The summed E-state index contributed by atoms with van der Waals surface area (Å²) in [6.07, 6.45) is -10.8. The highest BCUT2D eigenvalue weighted by Gasteiger charge is 2.62. The largest absolute Gasteiger partial charge is 0.435 e. The molecule has 3 rings (SSSR count). The van der Waals surface area contributed by atoms with Gasteiger partial charge in [-0.1, -0.05) is 41.0 Å². The van der Waals surface area contributed by atoms with Gasteiger partial charge in [0, 0.05) is 24.1 Å². The Morgan fingerprint density at radius 3 is 2.30 bits per heavy atom. The molecule has 33 heavy (non-hydrogen) atoms. The van der Waals surface area contributed by atoms with Crippen molar-refractivity contribution in [3.05, 3.63) is 69.7 Å². The predicted molar refractivity (Wildman–Crippen MR) is 116 cm³/mol. The molecule has 0 aromatic heterocycles. The summed E-state index contributed by atoms with van der Waals surface area (Å²) in [5.74, 6) is 0. The highest BCUT2D eigenvalue weighted by Crippen LogP contribution is 2.50. The van der Waals surface area contributed by atoms with Crippen LogP contribution >= 0.6 is 23.8 Å². The van der Waals surface area contributed by atoms with Gasteiger partial charge in [0.25, 0.3) is 5.60 Å². The summed E-state index contributed by atoms with van der Waals surface area (Å²) >= 11 is 10.8. The molecule has 4 nitrogen and oxygen atoms in total. The van der Waals surface area contributed by atoms with Gasteiger partial charge in [-0.05, 0) is 48.5 Å². The van der Waals surface area contributed by atoms with Gasteiger partial charge in [0.15, 0.2) is 5.11 Å². The fraction of sp³-hybridized carbons (Fsp3) is 0.333. The Labute approximate surface area is 195 Å². The summed E-state index contributed by atoms with van der Waals surface area (Å²) in [4.78, 5) is 4.82. The van der Waals surface area contributed by atoms with Crippen LogP contribution in [-0.4, -0.2) is 24.0 Å². The lowest BCUT2D eigenvalue weighted by atomic mass is 9.85. The van der Waals surface area contributed by atoms with Crippen molar-refractivity contribution in [3.63, 3.8) is 0 Å². The lowest BCUT2D eigenvalue weighted by Crippen LogP contribution is -2.42. The fourth-order valence-corrected chi connectivity index (χ4v) is 3.77. The van der Waals surface area contributed by atoms with Crippen LogP contribution in [0.4, 0.5) is 26.3 Å². The van der Waals surface area contributed by atoms with Gasteiger partial charge in [-0.25, -0.2) is 0 Å². The average Bonchev–Trinajstić information content (AvgIpc) is 3.19. The van der Waals surface area contributed by atoms with Crippen LogP contribution in [-0.2, 0) is 16.6 Å². The summed E-state index contributed by atoms with van der Waals surface area (Å²) in [5.41, 5.74) is -4.09. The molecule has 1 aliphatic rings. The van der Waals surface area contributed by atoms with E-state index in [0.717, 1.165) is 11.6 Å². The molecule has 2 N–H and O–H groups in total. The summed E-state index contributed by atoms with van der Waals surface area (Å²) in [6, 6.07) is 8.06. The van der Waals surface area contributed by atoms with Gasteiger partial charge in [-0.2, -0.15) is 26.3 Å². The third-order valence-corrected chi connectivity index (χ3v) is 5.74. The lowest BCUT2D eigenvalue weighted by Gasteiger charge is -2.30. The van der Waals surface area contributed by atoms with Crippen molar-refractivity contribution in [3.8, 4) is 0 Å². The summed E-state index contributed by atoms with van der Waals surface area (Å²) in [6.45, 7) is 1.85. The number of alkyl halides is 6. The number of thiocarbonyl (C=S) groups is 1. The van der Waals surface area contributed by atoms with Gasteiger partial charge < -0.3 is 15.5 Å². The van der Waals surface area contributed by atoms with Gasteiger partial charge in [-0.3, -0.25) is 0 Å². The van der Waals surface area contributed by atoms with Gasteiger partial charge in [0.2, 0.25) is 0 Å². The zero-order chi connectivity index (χ0) is 24.6. The van der Waals surface area contributed by atoms with Crippen LogP contribution in [0, 0.1) is 0 Å². The van der Waals surface area contributed by atoms with Crippen LogP contribution in [0.2, 0.25) is 5.02 Å². The molecule has 2 atom stereocenters. The third kappa shape index (κ3) is 5.19. The molecule has 0 spiro atoms. The maximum atomic E-state index is 14.1. The molecule has 0 bridgehead atoms. The molecule has 12 heteroatoms. The second kappa shape index (κ2) is 9.02. The molecule has 0 saturated heterocycles. The van der Waals surface area contributed by atoms with Crippen LogP contribution < -0.4 is 10.6 Å². The molecule has 2 aromatic rings. The molecule has 0 fully saturated rings. The smallest absolute Gasteiger partial charge is 0.374 e. The Morgan fingerprint density at radius 1 is 1.12 bits per heavy atom. The van der Waals surface area contributed by atoms with Crippen LogP contribution in [0.5, 0.6) is 0 Å². The number of benzene rings is 2. The highest BCUT2D eigenvalue weighted by atomic mass is 35.5. The number of oxime groups is 1. The monoisotopic (exact) mass is 509 g/mol. The van der Waals surface area contributed by atoms with E-state index in [1.165, 1.54) is 0 Å². The standard InChI is InChI=1S/C21H18ClF6N3OS/c1-11(30-18(33)29-2)12-3-5-13(6-4-12)17-10-19(32-31-17,21(26,27)28)14-7-15(20(23,24)25)9-16(22)8-14/h3-9,11H,10H2,1-2H3,(H2,29,30,33). The van der Waals surface area contributed by atoms with Crippen LogP contribution in [0.1, 0.15) is 41.6 Å². The highest BCUT2D eigenvalue weighted by molar-refractivity contribution is 7.80. The number of halogens is 7. The first kappa shape index (κ1) is 25.1. The van der Waals surface area contributed by atoms with Gasteiger partial charge in [0.1, 0.15) is 0 Å². The molecule has 178 valence electrons. The first-order valence-electron chi connectivity index (χ1n) is 9.55. The SMILES string of the molecule is CNC(=S)NC(C)c1ccc(C2=NOC(c3cc(Cl)cc(C(F)(F)F)c3)(C(F)(F)F)C2)cc1. The van der Waals surface area contributed by atoms with E-state index in [9.17, 15) is 26.3 Å². The zero-order valence-electron chi connectivity index (χ0n) is 17.2. The number of nitrogens with one attached hydrogen (secondary N) is 2. The molecule has 0 radical (unpaired) electrons. The fourth-order valence-electron chi connectivity index (χ4n) is 3.36. The number of nitrogens with zero attached hydrogens (tertiary/aromatic N) is 1. The first-order valence-corrected chi connectivity index (χ1v) is 10.3. The topological polar surface area (TPSA) is 45.7 Å². The number of hydrogen-bond acceptors (Lipinski definition) is 3. The van der Waals surface area contributed by atoms with E-state index < -0.39 is 40.5 Å². The number of rotatable bonds is 4. The van der Waals surface area contributed by atoms with Crippen molar-refractivity contribution in [2.75, 3.05) is 7.05 Å². The molecule has 0 amide bonds. The minimum Gasteiger partial charge on any atom is -0.374 e. The Kier molecular flexibility index (Phi) is 6.86. The van der Waals surface area contributed by atoms with Gasteiger partial charge in [-0.15, -0.1) is 0 Å². The van der Waals surface area contributed by atoms with E-state index in [2.05, 4.69) is 15.8 Å². The van der Waals surface area contributed by atoms with E-state index in [1.54, 1.807) is 31.3 Å². The lowest BCUT2D eigenvalue weighted by molar-refractivity contribution is -0.276. The van der Waals surface area contributed by atoms with E-state index in [0.29, 0.717) is 22.8 Å². The van der Waals surface area contributed by atoms with Crippen LogP contribution in [0.15, 0.2) is 47.6 Å². The molecule has 2 aromatic carbocycles. The van der Waals surface area contributed by atoms with E-state index in [4.69, 9.17) is 28.7 Å². The molecule has 2 unspecified atom stereocenters. The normalized spacial score (nSPS) is 19.5. The van der Waals surface area contributed by atoms with Crippen LogP contribution in [0.3, 0.4) is 0 Å². The Bertz CT molecular complexity index is 1070. The van der Waals surface area contributed by atoms with E-state index >= 15 is 0 Å².